The van der Waals surface area contributed by atoms with Crippen molar-refractivity contribution in [1.29, 1.82) is 0 Å². The Bertz CT molecular complexity index is 633. The molecule has 0 bridgehead atoms. The van der Waals surface area contributed by atoms with Crippen LogP contribution in [0.2, 0.25) is 0 Å². The predicted molar refractivity (Wildman–Crippen MR) is 87.8 cm³/mol. The van der Waals surface area contributed by atoms with Gasteiger partial charge in [0.25, 0.3) is 11.8 Å². The van der Waals surface area contributed by atoms with Crippen molar-refractivity contribution in [3.8, 4) is 5.75 Å². The van der Waals surface area contributed by atoms with Gasteiger partial charge in [-0.05, 0) is 18.2 Å². The lowest BCUT2D eigenvalue weighted by molar-refractivity contribution is -0.183. The number of primary amides is 1. The van der Waals surface area contributed by atoms with E-state index in [1.54, 1.807) is 0 Å². The first-order valence-electron chi connectivity index (χ1n) is 8.08. The van der Waals surface area contributed by atoms with Gasteiger partial charge in [0.1, 0.15) is 11.8 Å². The molecule has 1 aromatic rings. The van der Waals surface area contributed by atoms with E-state index in [2.05, 4.69) is 10.6 Å². The first kappa shape index (κ1) is 20.0. The van der Waals surface area contributed by atoms with Gasteiger partial charge in [-0.2, -0.15) is 13.2 Å². The third kappa shape index (κ3) is 5.88. The number of nitrogens with zero attached hydrogens (tertiary/aromatic N) is 1. The Balaban J connectivity index is 1.99. The maximum absolute atomic E-state index is 13.3. The molecule has 7 nitrogen and oxygen atoms in total. The Hall–Kier alpha value is -2.33. The van der Waals surface area contributed by atoms with Crippen molar-refractivity contribution >= 4 is 11.8 Å². The fraction of sp³-hybridized carbons (Fsp3) is 0.500. The summed E-state index contributed by atoms with van der Waals surface area (Å²) in [7, 11) is 0. The van der Waals surface area contributed by atoms with Crippen molar-refractivity contribution in [3.05, 3.63) is 29.8 Å². The number of rotatable bonds is 7. The monoisotopic (exact) mass is 374 g/mol. The van der Waals surface area contributed by atoms with E-state index in [4.69, 9.17) is 10.5 Å². The minimum Gasteiger partial charge on any atom is -0.484 e. The summed E-state index contributed by atoms with van der Waals surface area (Å²) in [6.07, 6.45) is -4.45. The van der Waals surface area contributed by atoms with Crippen LogP contribution < -0.4 is 21.1 Å². The molecule has 1 heterocycles. The third-order valence-corrected chi connectivity index (χ3v) is 3.90. The number of ether oxygens (including phenoxy) is 1. The zero-order valence-corrected chi connectivity index (χ0v) is 14.0. The molecule has 1 fully saturated rings. The topological polar surface area (TPSA) is 96.7 Å². The van der Waals surface area contributed by atoms with E-state index >= 15 is 0 Å². The average molecular weight is 374 g/mol. The van der Waals surface area contributed by atoms with Gasteiger partial charge in [0.05, 0.1) is 0 Å². The summed E-state index contributed by atoms with van der Waals surface area (Å²) in [6, 6.07) is 4.05. The van der Waals surface area contributed by atoms with Crippen LogP contribution >= 0.6 is 0 Å². The SMILES string of the molecule is NC(=O)COc1cccc(C(=O)NCC(N2CCNCC2)C(F)(F)F)c1. The fourth-order valence-electron chi connectivity index (χ4n) is 2.62. The third-order valence-electron chi connectivity index (χ3n) is 3.90. The zero-order chi connectivity index (χ0) is 19.2. The van der Waals surface area contributed by atoms with Gasteiger partial charge < -0.3 is 21.1 Å². The molecular formula is C16H21F3N4O3. The van der Waals surface area contributed by atoms with Gasteiger partial charge in [0, 0.05) is 38.3 Å². The van der Waals surface area contributed by atoms with Crippen molar-refractivity contribution in [2.45, 2.75) is 12.2 Å². The van der Waals surface area contributed by atoms with E-state index < -0.39 is 30.6 Å². The summed E-state index contributed by atoms with van der Waals surface area (Å²) in [5.74, 6) is -1.10. The number of nitrogens with two attached hydrogens (primary N) is 1. The number of carbonyl (C=O) groups is 2. The summed E-state index contributed by atoms with van der Waals surface area (Å²) in [5.41, 5.74) is 5.10. The van der Waals surface area contributed by atoms with Crippen LogP contribution in [0.1, 0.15) is 10.4 Å². The van der Waals surface area contributed by atoms with Crippen LogP contribution in [-0.4, -0.2) is 68.3 Å². The van der Waals surface area contributed by atoms with Crippen molar-refractivity contribution in [3.63, 3.8) is 0 Å². The van der Waals surface area contributed by atoms with Gasteiger partial charge in [0.15, 0.2) is 6.61 Å². The van der Waals surface area contributed by atoms with E-state index in [0.717, 1.165) is 0 Å². The van der Waals surface area contributed by atoms with Crippen LogP contribution in [0.5, 0.6) is 5.75 Å². The lowest BCUT2D eigenvalue weighted by Crippen LogP contribution is -2.57. The number of carbonyl (C=O) groups excluding carboxylic acids is 2. The molecule has 2 rings (SSSR count). The van der Waals surface area contributed by atoms with E-state index in [1.807, 2.05) is 0 Å². The Kier molecular flexibility index (Phi) is 6.81. The molecule has 0 aliphatic carbocycles. The predicted octanol–water partition coefficient (Wildman–Crippen LogP) is 0.117. The second kappa shape index (κ2) is 8.86. The van der Waals surface area contributed by atoms with Crippen LogP contribution in [0.25, 0.3) is 0 Å². The van der Waals surface area contributed by atoms with Crippen LogP contribution in [-0.2, 0) is 4.79 Å². The lowest BCUT2D eigenvalue weighted by atomic mass is 10.1. The molecule has 0 saturated carbocycles. The maximum Gasteiger partial charge on any atom is 0.405 e. The molecule has 26 heavy (non-hydrogen) atoms. The van der Waals surface area contributed by atoms with Gasteiger partial charge >= 0.3 is 6.18 Å². The van der Waals surface area contributed by atoms with Gasteiger partial charge in [0.2, 0.25) is 0 Å². The molecule has 10 heteroatoms. The van der Waals surface area contributed by atoms with Crippen molar-refractivity contribution in [1.82, 2.24) is 15.5 Å². The van der Waals surface area contributed by atoms with Gasteiger partial charge in [-0.3, -0.25) is 14.5 Å². The second-order valence-electron chi connectivity index (χ2n) is 5.84. The van der Waals surface area contributed by atoms with Crippen molar-refractivity contribution in [2.75, 3.05) is 39.3 Å². The van der Waals surface area contributed by atoms with Gasteiger partial charge in [-0.25, -0.2) is 0 Å². The molecule has 1 unspecified atom stereocenters. The molecule has 1 aromatic carbocycles. The molecular weight excluding hydrogens is 353 g/mol. The number of nitrogens with one attached hydrogen (secondary N) is 2. The summed E-state index contributed by atoms with van der Waals surface area (Å²) in [5, 5.41) is 5.32. The number of benzene rings is 1. The summed E-state index contributed by atoms with van der Waals surface area (Å²) in [4.78, 5) is 24.2. The van der Waals surface area contributed by atoms with Gasteiger partial charge in [-0.1, -0.05) is 6.07 Å². The van der Waals surface area contributed by atoms with E-state index in [-0.39, 0.29) is 31.0 Å². The maximum atomic E-state index is 13.3. The highest BCUT2D eigenvalue weighted by molar-refractivity contribution is 5.94. The van der Waals surface area contributed by atoms with Crippen LogP contribution in [0.3, 0.4) is 0 Å². The minimum absolute atomic E-state index is 0.133. The molecule has 1 aliphatic rings. The smallest absolute Gasteiger partial charge is 0.405 e. The standard InChI is InChI=1S/C16H21F3N4O3/c17-16(18,19)13(23-6-4-21-5-7-23)9-22-15(25)11-2-1-3-12(8-11)26-10-14(20)24/h1-3,8,13,21H,4-7,9-10H2,(H2,20,24)(H,22,25). The highest BCUT2D eigenvalue weighted by Crippen LogP contribution is 2.25. The Labute approximate surface area is 148 Å². The molecule has 0 spiro atoms. The number of amides is 2. The first-order valence-corrected chi connectivity index (χ1v) is 8.08. The average Bonchev–Trinajstić information content (AvgIpc) is 2.60. The number of hydrogen-bond donors (Lipinski definition) is 3. The number of halogens is 3. The summed E-state index contributed by atoms with van der Waals surface area (Å²) in [6.45, 7) is 0.561. The minimum atomic E-state index is -4.45. The normalized spacial score (nSPS) is 16.7. The largest absolute Gasteiger partial charge is 0.484 e. The lowest BCUT2D eigenvalue weighted by Gasteiger charge is -2.35. The van der Waals surface area contributed by atoms with Crippen LogP contribution in [0.4, 0.5) is 13.2 Å². The van der Waals surface area contributed by atoms with Crippen LogP contribution in [0.15, 0.2) is 24.3 Å². The quantitative estimate of drug-likeness (QED) is 0.630. The molecule has 1 saturated heterocycles. The number of hydrogen-bond acceptors (Lipinski definition) is 5. The van der Waals surface area contributed by atoms with E-state index in [0.29, 0.717) is 13.1 Å². The van der Waals surface area contributed by atoms with E-state index in [9.17, 15) is 22.8 Å². The van der Waals surface area contributed by atoms with E-state index in [1.165, 1.54) is 29.2 Å². The summed E-state index contributed by atoms with van der Waals surface area (Å²) < 4.78 is 45.0. The molecule has 0 radical (unpaired) electrons. The van der Waals surface area contributed by atoms with Gasteiger partial charge in [-0.15, -0.1) is 0 Å². The molecule has 1 aliphatic heterocycles. The Morgan fingerprint density at radius 1 is 1.31 bits per heavy atom. The number of alkyl halides is 3. The molecule has 4 N–H and O–H groups in total. The molecule has 144 valence electrons. The Morgan fingerprint density at radius 3 is 2.62 bits per heavy atom. The fourth-order valence-corrected chi connectivity index (χ4v) is 2.62. The zero-order valence-electron chi connectivity index (χ0n) is 14.0. The Morgan fingerprint density at radius 2 is 2.00 bits per heavy atom. The molecule has 1 atom stereocenters. The van der Waals surface area contributed by atoms with Crippen molar-refractivity contribution in [2.24, 2.45) is 5.73 Å². The van der Waals surface area contributed by atoms with Crippen molar-refractivity contribution < 1.29 is 27.5 Å². The highest BCUT2D eigenvalue weighted by atomic mass is 19.4. The second-order valence-corrected chi connectivity index (χ2v) is 5.84. The molecule has 2 amide bonds. The molecule has 0 aromatic heterocycles. The number of piperazine rings is 1. The van der Waals surface area contributed by atoms with Crippen LogP contribution in [0, 0.1) is 0 Å². The summed E-state index contributed by atoms with van der Waals surface area (Å²) >= 11 is 0. The first-order chi connectivity index (χ1) is 12.3. The highest BCUT2D eigenvalue weighted by Gasteiger charge is 2.43.